The van der Waals surface area contributed by atoms with E-state index in [0.717, 1.165) is 42.5 Å². The van der Waals surface area contributed by atoms with Gasteiger partial charge in [0.1, 0.15) is 0 Å². The molecule has 34 heavy (non-hydrogen) atoms. The van der Waals surface area contributed by atoms with E-state index in [4.69, 9.17) is 4.74 Å². The van der Waals surface area contributed by atoms with Gasteiger partial charge in [0.25, 0.3) is 0 Å². The van der Waals surface area contributed by atoms with E-state index in [1.807, 2.05) is 51.9 Å². The normalized spacial score (nSPS) is 21.8. The fraction of sp³-hybridized carbons (Fsp3) is 0.462. The third kappa shape index (κ3) is 5.30. The zero-order valence-corrected chi connectivity index (χ0v) is 20.3. The molecule has 8 heteroatoms. The first-order chi connectivity index (χ1) is 16.7. The van der Waals surface area contributed by atoms with Gasteiger partial charge in [0.2, 0.25) is 11.8 Å². The molecule has 0 bridgehead atoms. The Labute approximate surface area is 205 Å². The van der Waals surface area contributed by atoms with Crippen molar-refractivity contribution in [3.8, 4) is 0 Å². The lowest BCUT2D eigenvalue weighted by Crippen LogP contribution is -2.53. The quantitative estimate of drug-likeness (QED) is 0.655. The van der Waals surface area contributed by atoms with Gasteiger partial charge < -0.3 is 14.5 Å². The number of piperazine rings is 1. The maximum atomic E-state index is 13.7. The number of fused-ring (bicyclic) bond motifs is 1. The lowest BCUT2D eigenvalue weighted by molar-refractivity contribution is -0.137. The molecule has 2 aromatic rings. The molecule has 0 radical (unpaired) electrons. The zero-order valence-electron chi connectivity index (χ0n) is 19.5. The molecule has 3 aliphatic heterocycles. The SMILES string of the molecule is O=C(CN1CCN(CC(=O)N2c3ccccc3SCC2c2ccccc2)CC1)N1CCOCC1. The van der Waals surface area contributed by atoms with Gasteiger partial charge in [0, 0.05) is 49.9 Å². The molecule has 3 heterocycles. The summed E-state index contributed by atoms with van der Waals surface area (Å²) in [5.74, 6) is 1.17. The smallest absolute Gasteiger partial charge is 0.241 e. The number of morpholine rings is 1. The second-order valence-electron chi connectivity index (χ2n) is 9.01. The molecule has 1 unspecified atom stereocenters. The molecule has 0 aliphatic carbocycles. The number of benzene rings is 2. The van der Waals surface area contributed by atoms with Crippen molar-refractivity contribution in [3.05, 3.63) is 60.2 Å². The molecule has 2 amide bonds. The van der Waals surface area contributed by atoms with E-state index < -0.39 is 0 Å². The molecule has 7 nitrogen and oxygen atoms in total. The standard InChI is InChI=1S/C26H32N4O3S/c31-25(29-14-16-33-17-15-29)18-27-10-12-28(13-11-27)19-26(32)30-22-8-4-5-9-24(22)34-20-23(30)21-6-2-1-3-7-21/h1-9,23H,10-20H2. The van der Waals surface area contributed by atoms with Crippen molar-refractivity contribution in [1.29, 1.82) is 0 Å². The Morgan fingerprint density at radius 1 is 0.794 bits per heavy atom. The number of anilines is 1. The predicted octanol–water partition coefficient (Wildman–Crippen LogP) is 2.34. The number of ether oxygens (including phenoxy) is 1. The van der Waals surface area contributed by atoms with E-state index in [1.54, 1.807) is 0 Å². The lowest BCUT2D eigenvalue weighted by Gasteiger charge is -2.40. The summed E-state index contributed by atoms with van der Waals surface area (Å²) >= 11 is 1.82. The van der Waals surface area contributed by atoms with Crippen LogP contribution in [0.5, 0.6) is 0 Å². The Morgan fingerprint density at radius 3 is 2.12 bits per heavy atom. The first-order valence-corrected chi connectivity index (χ1v) is 13.1. The first-order valence-electron chi connectivity index (χ1n) is 12.1. The van der Waals surface area contributed by atoms with Crippen LogP contribution < -0.4 is 4.90 Å². The number of carbonyl (C=O) groups is 2. The summed E-state index contributed by atoms with van der Waals surface area (Å²) in [6, 6.07) is 18.6. The highest BCUT2D eigenvalue weighted by atomic mass is 32.2. The Hall–Kier alpha value is -2.39. The van der Waals surface area contributed by atoms with E-state index in [-0.39, 0.29) is 17.9 Å². The highest BCUT2D eigenvalue weighted by Crippen LogP contribution is 2.43. The molecule has 0 saturated carbocycles. The maximum absolute atomic E-state index is 13.7. The van der Waals surface area contributed by atoms with Crippen LogP contribution in [0.1, 0.15) is 11.6 Å². The summed E-state index contributed by atoms with van der Waals surface area (Å²) in [7, 11) is 0. The van der Waals surface area contributed by atoms with Crippen LogP contribution in [0.2, 0.25) is 0 Å². The predicted molar refractivity (Wildman–Crippen MR) is 134 cm³/mol. The number of nitrogens with zero attached hydrogens (tertiary/aromatic N) is 4. The van der Waals surface area contributed by atoms with Crippen molar-refractivity contribution < 1.29 is 14.3 Å². The number of thioether (sulfide) groups is 1. The number of carbonyl (C=O) groups excluding carboxylic acids is 2. The largest absolute Gasteiger partial charge is 0.378 e. The number of rotatable bonds is 5. The second kappa shape index (κ2) is 10.9. The van der Waals surface area contributed by atoms with Crippen LogP contribution in [0.25, 0.3) is 0 Å². The summed E-state index contributed by atoms with van der Waals surface area (Å²) in [4.78, 5) is 35.7. The van der Waals surface area contributed by atoms with Gasteiger partial charge in [-0.3, -0.25) is 19.4 Å². The van der Waals surface area contributed by atoms with Crippen molar-refractivity contribution in [2.75, 3.05) is 76.2 Å². The van der Waals surface area contributed by atoms with Gasteiger partial charge in [-0.2, -0.15) is 0 Å². The Balaban J connectivity index is 1.21. The van der Waals surface area contributed by atoms with E-state index >= 15 is 0 Å². The van der Waals surface area contributed by atoms with Crippen LogP contribution in [0.3, 0.4) is 0 Å². The third-order valence-electron chi connectivity index (χ3n) is 6.83. The summed E-state index contributed by atoms with van der Waals surface area (Å²) in [6.07, 6.45) is 0. The van der Waals surface area contributed by atoms with Crippen LogP contribution in [-0.2, 0) is 14.3 Å². The van der Waals surface area contributed by atoms with Gasteiger partial charge in [-0.05, 0) is 17.7 Å². The third-order valence-corrected chi connectivity index (χ3v) is 7.97. The first kappa shape index (κ1) is 23.4. The highest BCUT2D eigenvalue weighted by molar-refractivity contribution is 7.99. The molecule has 0 aromatic heterocycles. The average Bonchev–Trinajstić information content (AvgIpc) is 2.90. The Bertz CT molecular complexity index is 991. The minimum absolute atomic E-state index is 0.0287. The van der Waals surface area contributed by atoms with Crippen LogP contribution in [0.4, 0.5) is 5.69 Å². The van der Waals surface area contributed by atoms with E-state index in [9.17, 15) is 9.59 Å². The van der Waals surface area contributed by atoms with Crippen LogP contribution >= 0.6 is 11.8 Å². The second-order valence-corrected chi connectivity index (χ2v) is 10.1. The molecule has 2 aromatic carbocycles. The van der Waals surface area contributed by atoms with Crippen molar-refractivity contribution >= 4 is 29.3 Å². The molecule has 0 N–H and O–H groups in total. The molecule has 180 valence electrons. The van der Waals surface area contributed by atoms with Crippen molar-refractivity contribution in [1.82, 2.24) is 14.7 Å². The molecular formula is C26H32N4O3S. The number of para-hydroxylation sites is 1. The molecular weight excluding hydrogens is 448 g/mol. The average molecular weight is 481 g/mol. The highest BCUT2D eigenvalue weighted by Gasteiger charge is 2.33. The monoisotopic (exact) mass is 480 g/mol. The van der Waals surface area contributed by atoms with Crippen LogP contribution in [0, 0.1) is 0 Å². The summed E-state index contributed by atoms with van der Waals surface area (Å²) in [5.41, 5.74) is 2.18. The van der Waals surface area contributed by atoms with Gasteiger partial charge in [-0.25, -0.2) is 0 Å². The number of amides is 2. The minimum atomic E-state index is 0.0287. The molecule has 5 rings (SSSR count). The van der Waals surface area contributed by atoms with Crippen LogP contribution in [-0.4, -0.2) is 97.8 Å². The molecule has 2 fully saturated rings. The lowest BCUT2D eigenvalue weighted by atomic mass is 10.1. The summed E-state index contributed by atoms with van der Waals surface area (Å²) < 4.78 is 5.35. The van der Waals surface area contributed by atoms with Gasteiger partial charge in [0.05, 0.1) is 38.0 Å². The molecule has 3 aliphatic rings. The van der Waals surface area contributed by atoms with Gasteiger partial charge in [0.15, 0.2) is 0 Å². The van der Waals surface area contributed by atoms with Crippen molar-refractivity contribution in [2.24, 2.45) is 0 Å². The maximum Gasteiger partial charge on any atom is 0.241 e. The Morgan fingerprint density at radius 2 is 1.41 bits per heavy atom. The molecule has 0 spiro atoms. The topological polar surface area (TPSA) is 56.3 Å². The Kier molecular flexibility index (Phi) is 7.49. The zero-order chi connectivity index (χ0) is 23.3. The molecule has 2 saturated heterocycles. The fourth-order valence-corrected chi connectivity index (χ4v) is 6.06. The number of hydrogen-bond acceptors (Lipinski definition) is 6. The van der Waals surface area contributed by atoms with E-state index in [0.29, 0.717) is 39.4 Å². The number of hydrogen-bond donors (Lipinski definition) is 0. The van der Waals surface area contributed by atoms with E-state index in [1.165, 1.54) is 5.56 Å². The fourth-order valence-electron chi connectivity index (χ4n) is 4.90. The van der Waals surface area contributed by atoms with Crippen molar-refractivity contribution in [2.45, 2.75) is 10.9 Å². The van der Waals surface area contributed by atoms with Crippen LogP contribution in [0.15, 0.2) is 59.5 Å². The summed E-state index contributed by atoms with van der Waals surface area (Å²) in [5, 5.41) is 0. The minimum Gasteiger partial charge on any atom is -0.378 e. The summed E-state index contributed by atoms with van der Waals surface area (Å²) in [6.45, 7) is 6.67. The van der Waals surface area contributed by atoms with Gasteiger partial charge in [-0.15, -0.1) is 11.8 Å². The van der Waals surface area contributed by atoms with Gasteiger partial charge in [-0.1, -0.05) is 42.5 Å². The van der Waals surface area contributed by atoms with E-state index in [2.05, 4.69) is 34.1 Å². The van der Waals surface area contributed by atoms with Gasteiger partial charge >= 0.3 is 0 Å². The van der Waals surface area contributed by atoms with Crippen molar-refractivity contribution in [3.63, 3.8) is 0 Å². The molecule has 1 atom stereocenters.